The van der Waals surface area contributed by atoms with E-state index in [0.29, 0.717) is 5.56 Å². The predicted molar refractivity (Wildman–Crippen MR) is 116 cm³/mol. The van der Waals surface area contributed by atoms with E-state index < -0.39 is 11.6 Å². The summed E-state index contributed by atoms with van der Waals surface area (Å²) in [6, 6.07) is 3.30. The van der Waals surface area contributed by atoms with Crippen LogP contribution in [0.1, 0.15) is 102 Å². The van der Waals surface area contributed by atoms with Crippen LogP contribution in [0.4, 0.5) is 8.78 Å². The van der Waals surface area contributed by atoms with E-state index in [-0.39, 0.29) is 11.7 Å². The van der Waals surface area contributed by atoms with Crippen molar-refractivity contribution in [1.82, 2.24) is 0 Å². The minimum Gasteiger partial charge on any atom is -0.462 e. The van der Waals surface area contributed by atoms with E-state index in [1.807, 2.05) is 0 Å². The van der Waals surface area contributed by atoms with Gasteiger partial charge in [0.15, 0.2) is 11.6 Å². The predicted octanol–water partition coefficient (Wildman–Crippen LogP) is 8.54. The smallest absolute Gasteiger partial charge is 0.201 e. The van der Waals surface area contributed by atoms with Gasteiger partial charge in [0, 0.05) is 0 Å². The molecule has 0 atom stereocenters. The molecule has 2 aliphatic carbocycles. The third-order valence-electron chi connectivity index (χ3n) is 7.39. The second kappa shape index (κ2) is 11.1. The molecular weight excluding hydrogens is 366 g/mol. The van der Waals surface area contributed by atoms with Crippen molar-refractivity contribution in [3.05, 3.63) is 41.7 Å². The molecule has 3 rings (SSSR count). The Balaban J connectivity index is 1.49. The maximum atomic E-state index is 14.6. The summed E-state index contributed by atoms with van der Waals surface area (Å²) >= 11 is 0. The minimum absolute atomic E-state index is 0.0336. The quantitative estimate of drug-likeness (QED) is 0.311. The van der Waals surface area contributed by atoms with Gasteiger partial charge in [-0.15, -0.1) is 0 Å². The van der Waals surface area contributed by atoms with Crippen LogP contribution in [0, 0.1) is 29.4 Å². The van der Waals surface area contributed by atoms with Crippen LogP contribution < -0.4 is 4.74 Å². The first-order chi connectivity index (χ1) is 14.1. The summed E-state index contributed by atoms with van der Waals surface area (Å²) < 4.78 is 34.1. The highest BCUT2D eigenvalue weighted by molar-refractivity contribution is 5.33. The van der Waals surface area contributed by atoms with Crippen LogP contribution in [0.15, 0.2) is 24.5 Å². The maximum Gasteiger partial charge on any atom is 0.201 e. The zero-order chi connectivity index (χ0) is 20.6. The van der Waals surface area contributed by atoms with Gasteiger partial charge in [0.25, 0.3) is 0 Å². The summed E-state index contributed by atoms with van der Waals surface area (Å²) in [5.74, 6) is 1.13. The van der Waals surface area contributed by atoms with E-state index in [1.165, 1.54) is 57.6 Å². The van der Waals surface area contributed by atoms with Crippen molar-refractivity contribution in [1.29, 1.82) is 0 Å². The first-order valence-corrected chi connectivity index (χ1v) is 11.9. The molecule has 0 saturated heterocycles. The fourth-order valence-corrected chi connectivity index (χ4v) is 5.63. The lowest BCUT2D eigenvalue weighted by atomic mass is 9.68. The third-order valence-corrected chi connectivity index (χ3v) is 7.39. The van der Waals surface area contributed by atoms with Crippen LogP contribution >= 0.6 is 0 Å². The molecule has 1 aromatic carbocycles. The number of halogens is 2. The highest BCUT2D eigenvalue weighted by Gasteiger charge is 2.32. The SMILES string of the molecule is C/C=C/Oc1ccc(C2CCC(C3CCC(CCCCC)CC3)CC2)c(F)c1F. The fraction of sp³-hybridized carbons (Fsp3) is 0.692. The standard InChI is InChI=1S/C26H38F2O/c1-3-5-6-7-19-8-10-20(11-9-19)21-12-14-22(15-13-21)23-16-17-24(29-18-4-2)26(28)25(23)27/h4,16-22H,3,5-15H2,1-2H3/b18-4+. The summed E-state index contributed by atoms with van der Waals surface area (Å²) in [6.45, 7) is 4.06. The van der Waals surface area contributed by atoms with E-state index >= 15 is 0 Å². The molecule has 1 aromatic rings. The number of benzene rings is 1. The van der Waals surface area contributed by atoms with Crippen molar-refractivity contribution in [3.8, 4) is 5.75 Å². The molecule has 0 aromatic heterocycles. The van der Waals surface area contributed by atoms with Crippen molar-refractivity contribution in [2.75, 3.05) is 0 Å². The average Bonchev–Trinajstić information content (AvgIpc) is 2.76. The Bertz CT molecular complexity index is 653. The van der Waals surface area contributed by atoms with Gasteiger partial charge in [-0.1, -0.05) is 57.6 Å². The topological polar surface area (TPSA) is 9.23 Å². The molecule has 0 heterocycles. The van der Waals surface area contributed by atoms with Gasteiger partial charge in [0.05, 0.1) is 6.26 Å². The van der Waals surface area contributed by atoms with Gasteiger partial charge in [-0.05, 0) is 80.8 Å². The molecule has 0 bridgehead atoms. The number of ether oxygens (including phenoxy) is 1. The largest absolute Gasteiger partial charge is 0.462 e. The molecule has 3 heteroatoms. The molecule has 162 valence electrons. The number of hydrogen-bond acceptors (Lipinski definition) is 1. The van der Waals surface area contributed by atoms with Crippen molar-refractivity contribution in [3.63, 3.8) is 0 Å². The molecule has 2 saturated carbocycles. The second-order valence-electron chi connectivity index (χ2n) is 9.26. The highest BCUT2D eigenvalue weighted by atomic mass is 19.2. The molecule has 0 aliphatic heterocycles. The Labute approximate surface area is 175 Å². The molecule has 0 N–H and O–H groups in total. The van der Waals surface area contributed by atoms with Crippen molar-refractivity contribution >= 4 is 0 Å². The van der Waals surface area contributed by atoms with Crippen LogP contribution in [0.3, 0.4) is 0 Å². The van der Waals surface area contributed by atoms with Gasteiger partial charge in [-0.3, -0.25) is 0 Å². The summed E-state index contributed by atoms with van der Waals surface area (Å²) in [5.41, 5.74) is 0.536. The van der Waals surface area contributed by atoms with Gasteiger partial charge in [0.2, 0.25) is 5.82 Å². The first-order valence-electron chi connectivity index (χ1n) is 11.9. The molecule has 0 spiro atoms. The Kier molecular flexibility index (Phi) is 8.56. The van der Waals surface area contributed by atoms with Crippen LogP contribution in [0.2, 0.25) is 0 Å². The van der Waals surface area contributed by atoms with Crippen molar-refractivity contribution in [2.45, 2.75) is 96.8 Å². The van der Waals surface area contributed by atoms with Crippen molar-refractivity contribution in [2.24, 2.45) is 17.8 Å². The number of allylic oxidation sites excluding steroid dienone is 1. The molecule has 0 unspecified atom stereocenters. The lowest BCUT2D eigenvalue weighted by molar-refractivity contribution is 0.155. The number of unbranched alkanes of at least 4 members (excludes halogenated alkanes) is 2. The summed E-state index contributed by atoms with van der Waals surface area (Å²) in [5, 5.41) is 0. The van der Waals surface area contributed by atoms with Crippen LogP contribution in [-0.2, 0) is 0 Å². The average molecular weight is 405 g/mol. The van der Waals surface area contributed by atoms with Crippen LogP contribution in [0.5, 0.6) is 5.75 Å². The first kappa shape index (κ1) is 22.3. The Morgan fingerprint density at radius 1 is 0.897 bits per heavy atom. The maximum absolute atomic E-state index is 14.6. The summed E-state index contributed by atoms with van der Waals surface area (Å²) in [4.78, 5) is 0. The summed E-state index contributed by atoms with van der Waals surface area (Å²) in [7, 11) is 0. The molecular formula is C26H38F2O. The second-order valence-corrected chi connectivity index (χ2v) is 9.26. The highest BCUT2D eigenvalue weighted by Crippen LogP contribution is 2.45. The lowest BCUT2D eigenvalue weighted by Crippen LogP contribution is -2.25. The minimum atomic E-state index is -0.857. The van der Waals surface area contributed by atoms with E-state index in [1.54, 1.807) is 25.1 Å². The Hall–Kier alpha value is -1.38. The zero-order valence-corrected chi connectivity index (χ0v) is 18.3. The zero-order valence-electron chi connectivity index (χ0n) is 18.3. The Morgan fingerprint density at radius 3 is 2.17 bits per heavy atom. The molecule has 0 radical (unpaired) electrons. The molecule has 1 nitrogen and oxygen atoms in total. The van der Waals surface area contributed by atoms with E-state index in [0.717, 1.165) is 43.4 Å². The van der Waals surface area contributed by atoms with Gasteiger partial charge in [-0.25, -0.2) is 4.39 Å². The normalized spacial score (nSPS) is 28.0. The van der Waals surface area contributed by atoms with Crippen LogP contribution in [0.25, 0.3) is 0 Å². The van der Waals surface area contributed by atoms with Gasteiger partial charge in [-0.2, -0.15) is 4.39 Å². The number of rotatable bonds is 8. The Morgan fingerprint density at radius 2 is 1.55 bits per heavy atom. The van der Waals surface area contributed by atoms with Crippen LogP contribution in [-0.4, -0.2) is 0 Å². The van der Waals surface area contributed by atoms with E-state index in [4.69, 9.17) is 4.74 Å². The number of hydrogen-bond donors (Lipinski definition) is 0. The fourth-order valence-electron chi connectivity index (χ4n) is 5.63. The summed E-state index contributed by atoms with van der Waals surface area (Å²) in [6.07, 6.45) is 18.4. The van der Waals surface area contributed by atoms with E-state index in [2.05, 4.69) is 6.92 Å². The third kappa shape index (κ3) is 5.83. The molecule has 2 aliphatic rings. The molecule has 0 amide bonds. The molecule has 29 heavy (non-hydrogen) atoms. The lowest BCUT2D eigenvalue weighted by Gasteiger charge is -2.38. The van der Waals surface area contributed by atoms with E-state index in [9.17, 15) is 8.78 Å². The van der Waals surface area contributed by atoms with Crippen molar-refractivity contribution < 1.29 is 13.5 Å². The van der Waals surface area contributed by atoms with Gasteiger partial charge < -0.3 is 4.74 Å². The monoisotopic (exact) mass is 404 g/mol. The van der Waals surface area contributed by atoms with Gasteiger partial charge >= 0.3 is 0 Å². The molecule has 2 fully saturated rings. The van der Waals surface area contributed by atoms with Gasteiger partial charge in [0.1, 0.15) is 0 Å².